The number of nitrogens with two attached hydrogens (primary N) is 1. The van der Waals surface area contributed by atoms with Gasteiger partial charge in [0, 0.05) is 23.9 Å². The Morgan fingerprint density at radius 2 is 2.14 bits per heavy atom. The highest BCUT2D eigenvalue weighted by molar-refractivity contribution is 5.66. The third kappa shape index (κ3) is 2.53. The summed E-state index contributed by atoms with van der Waals surface area (Å²) >= 11 is 0. The molecule has 0 aliphatic carbocycles. The van der Waals surface area contributed by atoms with E-state index in [4.69, 9.17) is 15.2 Å². The van der Waals surface area contributed by atoms with Gasteiger partial charge in [0.2, 0.25) is 6.79 Å². The molecule has 3 rings (SSSR count). The van der Waals surface area contributed by atoms with Crippen molar-refractivity contribution in [1.82, 2.24) is 0 Å². The van der Waals surface area contributed by atoms with Crippen LogP contribution >= 0.6 is 0 Å². The lowest BCUT2D eigenvalue weighted by Crippen LogP contribution is -2.02. The first-order chi connectivity index (χ1) is 10.1. The van der Waals surface area contributed by atoms with Crippen molar-refractivity contribution in [2.75, 3.05) is 17.8 Å². The summed E-state index contributed by atoms with van der Waals surface area (Å²) in [5, 5.41) is 13.9. The number of para-hydroxylation sites is 1. The zero-order valence-corrected chi connectivity index (χ0v) is 11.0. The van der Waals surface area contributed by atoms with Gasteiger partial charge in [-0.25, -0.2) is 0 Å². The topological polar surface area (TPSA) is 99.7 Å². The third-order valence-electron chi connectivity index (χ3n) is 3.19. The minimum atomic E-state index is -0.506. The molecule has 1 heterocycles. The highest BCUT2D eigenvalue weighted by Gasteiger charge is 2.17. The highest BCUT2D eigenvalue weighted by Crippen LogP contribution is 2.35. The van der Waals surface area contributed by atoms with Crippen LogP contribution in [-0.4, -0.2) is 11.7 Å². The van der Waals surface area contributed by atoms with E-state index < -0.39 is 4.92 Å². The van der Waals surface area contributed by atoms with E-state index in [1.165, 1.54) is 6.07 Å². The second-order valence-corrected chi connectivity index (χ2v) is 4.54. The zero-order valence-electron chi connectivity index (χ0n) is 11.0. The molecule has 108 valence electrons. The molecule has 7 heteroatoms. The fourth-order valence-corrected chi connectivity index (χ4v) is 2.16. The molecule has 1 aliphatic heterocycles. The number of nitrogens with zero attached hydrogens (tertiary/aromatic N) is 1. The molecule has 2 aromatic carbocycles. The molecule has 0 atom stereocenters. The summed E-state index contributed by atoms with van der Waals surface area (Å²) in [4.78, 5) is 10.2. The number of nitrogens with one attached hydrogen (secondary N) is 1. The van der Waals surface area contributed by atoms with Crippen LogP contribution in [0.4, 0.5) is 17.1 Å². The Kier molecular flexibility index (Phi) is 3.23. The zero-order chi connectivity index (χ0) is 14.8. The number of benzene rings is 2. The van der Waals surface area contributed by atoms with Gasteiger partial charge < -0.3 is 20.5 Å². The SMILES string of the molecule is Nc1cc(NCc2cccc3c2OCO3)ccc1[N+](=O)[O-]. The largest absolute Gasteiger partial charge is 0.454 e. The molecule has 0 aromatic heterocycles. The summed E-state index contributed by atoms with van der Waals surface area (Å²) in [7, 11) is 0. The summed E-state index contributed by atoms with van der Waals surface area (Å²) in [5.41, 5.74) is 7.33. The number of fused-ring (bicyclic) bond motifs is 1. The first-order valence-electron chi connectivity index (χ1n) is 6.30. The first kappa shape index (κ1) is 13.0. The quantitative estimate of drug-likeness (QED) is 0.509. The normalized spacial score (nSPS) is 12.2. The van der Waals surface area contributed by atoms with Crippen molar-refractivity contribution in [2.24, 2.45) is 0 Å². The average Bonchev–Trinajstić information content (AvgIpc) is 2.93. The van der Waals surface area contributed by atoms with Crippen LogP contribution in [0.2, 0.25) is 0 Å². The molecule has 3 N–H and O–H groups in total. The summed E-state index contributed by atoms with van der Waals surface area (Å²) in [6.45, 7) is 0.723. The molecule has 0 unspecified atom stereocenters. The van der Waals surface area contributed by atoms with Crippen LogP contribution in [0.1, 0.15) is 5.56 Å². The number of rotatable bonds is 4. The molecule has 0 fully saturated rings. The van der Waals surface area contributed by atoms with Crippen LogP contribution in [-0.2, 0) is 6.54 Å². The van der Waals surface area contributed by atoms with Gasteiger partial charge in [0.25, 0.3) is 5.69 Å². The molecule has 21 heavy (non-hydrogen) atoms. The summed E-state index contributed by atoms with van der Waals surface area (Å²) in [5.74, 6) is 1.44. The van der Waals surface area contributed by atoms with Crippen LogP contribution in [0.3, 0.4) is 0 Å². The maximum atomic E-state index is 10.7. The minimum absolute atomic E-state index is 0.0992. The molecular formula is C14H13N3O4. The second-order valence-electron chi connectivity index (χ2n) is 4.54. The van der Waals surface area contributed by atoms with Crippen molar-refractivity contribution in [3.8, 4) is 11.5 Å². The lowest BCUT2D eigenvalue weighted by molar-refractivity contribution is -0.383. The number of nitrogen functional groups attached to an aromatic ring is 1. The molecule has 0 spiro atoms. The Morgan fingerprint density at radius 1 is 1.29 bits per heavy atom. The van der Waals surface area contributed by atoms with E-state index in [-0.39, 0.29) is 18.2 Å². The van der Waals surface area contributed by atoms with Crippen molar-refractivity contribution in [3.05, 3.63) is 52.1 Å². The molecule has 1 aliphatic rings. The number of hydrogen-bond donors (Lipinski definition) is 2. The fraction of sp³-hybridized carbons (Fsp3) is 0.143. The number of nitro groups is 1. The highest BCUT2D eigenvalue weighted by atomic mass is 16.7. The monoisotopic (exact) mass is 287 g/mol. The Balaban J connectivity index is 1.75. The lowest BCUT2D eigenvalue weighted by atomic mass is 10.1. The maximum absolute atomic E-state index is 10.7. The van der Waals surface area contributed by atoms with Crippen molar-refractivity contribution < 1.29 is 14.4 Å². The fourth-order valence-electron chi connectivity index (χ4n) is 2.16. The van der Waals surface area contributed by atoms with Crippen molar-refractivity contribution in [2.45, 2.75) is 6.54 Å². The average molecular weight is 287 g/mol. The minimum Gasteiger partial charge on any atom is -0.454 e. The van der Waals surface area contributed by atoms with Crippen LogP contribution in [0.5, 0.6) is 11.5 Å². The maximum Gasteiger partial charge on any atom is 0.292 e. The van der Waals surface area contributed by atoms with Gasteiger partial charge in [-0.05, 0) is 18.2 Å². The van der Waals surface area contributed by atoms with Gasteiger partial charge in [-0.15, -0.1) is 0 Å². The predicted molar refractivity (Wildman–Crippen MR) is 77.4 cm³/mol. The van der Waals surface area contributed by atoms with Crippen LogP contribution in [0, 0.1) is 10.1 Å². The van der Waals surface area contributed by atoms with Crippen molar-refractivity contribution in [1.29, 1.82) is 0 Å². The number of nitro benzene ring substituents is 1. The first-order valence-corrected chi connectivity index (χ1v) is 6.30. The summed E-state index contributed by atoms with van der Waals surface area (Å²) in [6, 6.07) is 10.2. The van der Waals surface area contributed by atoms with Gasteiger partial charge in [-0.1, -0.05) is 12.1 Å². The molecule has 0 radical (unpaired) electrons. The molecular weight excluding hydrogens is 274 g/mol. The molecule has 0 amide bonds. The van der Waals surface area contributed by atoms with Gasteiger partial charge >= 0.3 is 0 Å². The molecule has 0 saturated carbocycles. The molecule has 2 aromatic rings. The Morgan fingerprint density at radius 3 is 2.90 bits per heavy atom. The van der Waals surface area contributed by atoms with E-state index in [2.05, 4.69) is 5.32 Å². The summed E-state index contributed by atoms with van der Waals surface area (Å²) in [6.07, 6.45) is 0. The standard InChI is InChI=1S/C14H13N3O4/c15-11-6-10(4-5-12(11)17(18)19)16-7-9-2-1-3-13-14(9)21-8-20-13/h1-6,16H,7-8,15H2. The third-order valence-corrected chi connectivity index (χ3v) is 3.19. The van der Waals surface area contributed by atoms with E-state index in [0.29, 0.717) is 12.2 Å². The van der Waals surface area contributed by atoms with Crippen molar-refractivity contribution in [3.63, 3.8) is 0 Å². The van der Waals surface area contributed by atoms with Crippen molar-refractivity contribution >= 4 is 17.1 Å². The smallest absolute Gasteiger partial charge is 0.292 e. The molecule has 0 bridgehead atoms. The summed E-state index contributed by atoms with van der Waals surface area (Å²) < 4.78 is 10.7. The Bertz CT molecular complexity index is 703. The second kappa shape index (κ2) is 5.20. The van der Waals surface area contributed by atoms with E-state index in [1.807, 2.05) is 18.2 Å². The van der Waals surface area contributed by atoms with Gasteiger partial charge in [0.15, 0.2) is 11.5 Å². The van der Waals surface area contributed by atoms with E-state index in [9.17, 15) is 10.1 Å². The van der Waals surface area contributed by atoms with Gasteiger partial charge in [-0.3, -0.25) is 10.1 Å². The van der Waals surface area contributed by atoms with Gasteiger partial charge in [-0.2, -0.15) is 0 Å². The van der Waals surface area contributed by atoms with Gasteiger partial charge in [0.05, 0.1) is 4.92 Å². The molecule has 0 saturated heterocycles. The van der Waals surface area contributed by atoms with Crippen LogP contribution in [0.15, 0.2) is 36.4 Å². The number of hydrogen-bond acceptors (Lipinski definition) is 6. The van der Waals surface area contributed by atoms with Crippen LogP contribution < -0.4 is 20.5 Å². The molecule has 7 nitrogen and oxygen atoms in total. The lowest BCUT2D eigenvalue weighted by Gasteiger charge is -2.09. The van der Waals surface area contributed by atoms with Crippen LogP contribution in [0.25, 0.3) is 0 Å². The van der Waals surface area contributed by atoms with E-state index in [1.54, 1.807) is 12.1 Å². The predicted octanol–water partition coefficient (Wildman–Crippen LogP) is 2.52. The Labute approximate surface area is 120 Å². The Hall–Kier alpha value is -2.96. The van der Waals surface area contributed by atoms with Gasteiger partial charge in [0.1, 0.15) is 5.69 Å². The number of anilines is 2. The number of ether oxygens (including phenoxy) is 2. The van der Waals surface area contributed by atoms with E-state index in [0.717, 1.165) is 17.1 Å². The van der Waals surface area contributed by atoms with E-state index >= 15 is 0 Å².